The number of rotatable bonds is 10. The molecule has 0 atom stereocenters. The zero-order valence-electron chi connectivity index (χ0n) is 21.5. The van der Waals surface area contributed by atoms with Crippen molar-refractivity contribution in [2.45, 2.75) is 46.6 Å². The molecule has 0 bridgehead atoms. The number of phenolic OH excluding ortho intramolecular Hbond substituents is 1. The molecule has 0 spiro atoms. The predicted molar refractivity (Wildman–Crippen MR) is 141 cm³/mol. The van der Waals surface area contributed by atoms with Gasteiger partial charge in [-0.2, -0.15) is 5.10 Å². The van der Waals surface area contributed by atoms with Gasteiger partial charge in [0.1, 0.15) is 11.5 Å². The van der Waals surface area contributed by atoms with Crippen LogP contribution in [0.4, 0.5) is 0 Å². The molecule has 8 nitrogen and oxygen atoms in total. The van der Waals surface area contributed by atoms with E-state index in [1.54, 1.807) is 44.5 Å². The lowest BCUT2D eigenvalue weighted by molar-refractivity contribution is -0.138. The smallest absolute Gasteiger partial charge is 0.334 e. The van der Waals surface area contributed by atoms with Crippen LogP contribution in [0.3, 0.4) is 0 Å². The van der Waals surface area contributed by atoms with Crippen LogP contribution >= 0.6 is 11.6 Å². The average Bonchev–Trinajstić information content (AvgIpc) is 3.50. The Labute approximate surface area is 221 Å². The highest BCUT2D eigenvalue weighted by atomic mass is 35.5. The largest absolute Gasteiger partial charge is 0.507 e. The van der Waals surface area contributed by atoms with E-state index in [2.05, 4.69) is 12.0 Å². The van der Waals surface area contributed by atoms with E-state index >= 15 is 0 Å². The molecular formula is C28H31ClN2O6. The monoisotopic (exact) mass is 526 g/mol. The number of nitrogens with zero attached hydrogens (tertiary/aromatic N) is 2. The first kappa shape index (κ1) is 26.4. The summed E-state index contributed by atoms with van der Waals surface area (Å²) in [5, 5.41) is 15.9. The highest BCUT2D eigenvalue weighted by Crippen LogP contribution is 2.40. The third-order valence-corrected chi connectivity index (χ3v) is 6.55. The fourth-order valence-corrected chi connectivity index (χ4v) is 4.39. The minimum Gasteiger partial charge on any atom is -0.507 e. The molecule has 0 saturated heterocycles. The summed E-state index contributed by atoms with van der Waals surface area (Å²) in [5.74, 6) is 1.38. The molecular weight excluding hydrogens is 496 g/mol. The van der Waals surface area contributed by atoms with E-state index in [9.17, 15) is 9.90 Å². The predicted octanol–water partition coefficient (Wildman–Crippen LogP) is 5.94. The van der Waals surface area contributed by atoms with Crippen LogP contribution in [-0.4, -0.2) is 41.4 Å². The number of carbonyl (C=O) groups excluding carboxylic acids is 1. The molecule has 3 aromatic rings. The summed E-state index contributed by atoms with van der Waals surface area (Å²) in [5.41, 5.74) is 3.78. The Morgan fingerprint density at radius 1 is 1.22 bits per heavy atom. The Kier molecular flexibility index (Phi) is 8.28. The quantitative estimate of drug-likeness (QED) is 0.258. The van der Waals surface area contributed by atoms with Crippen molar-refractivity contribution < 1.29 is 28.8 Å². The number of aromatic nitrogens is 2. The molecule has 1 aliphatic rings. The molecule has 0 saturated carbocycles. The maximum Gasteiger partial charge on any atom is 0.334 e. The summed E-state index contributed by atoms with van der Waals surface area (Å²) < 4.78 is 23.8. The first-order chi connectivity index (χ1) is 17.9. The number of aryl methyl sites for hydroxylation is 2. The zero-order valence-corrected chi connectivity index (χ0v) is 22.2. The number of methoxy groups -OCH3 is 1. The summed E-state index contributed by atoms with van der Waals surface area (Å²) >= 11 is 6.43. The second-order valence-corrected chi connectivity index (χ2v) is 9.14. The van der Waals surface area contributed by atoms with Gasteiger partial charge in [0, 0.05) is 46.3 Å². The molecule has 0 aliphatic carbocycles. The number of phenols is 1. The van der Waals surface area contributed by atoms with Crippen LogP contribution in [0.5, 0.6) is 23.0 Å². The van der Waals surface area contributed by atoms with Crippen LogP contribution in [0.25, 0.3) is 17.3 Å². The Morgan fingerprint density at radius 3 is 2.68 bits per heavy atom. The maximum atomic E-state index is 13.1. The number of halogens is 1. The first-order valence-electron chi connectivity index (χ1n) is 12.3. The molecule has 1 aromatic heterocycles. The topological polar surface area (TPSA) is 92.0 Å². The van der Waals surface area contributed by atoms with Gasteiger partial charge < -0.3 is 24.1 Å². The fraction of sp³-hybridized carbons (Fsp3) is 0.357. The maximum absolute atomic E-state index is 13.1. The lowest BCUT2D eigenvalue weighted by Gasteiger charge is -2.14. The van der Waals surface area contributed by atoms with Crippen molar-refractivity contribution in [3.63, 3.8) is 0 Å². The number of aromatic hydroxyl groups is 1. The Bertz CT molecular complexity index is 1330. The molecule has 196 valence electrons. The van der Waals surface area contributed by atoms with E-state index in [0.717, 1.165) is 24.0 Å². The van der Waals surface area contributed by atoms with Crippen LogP contribution in [0.1, 0.15) is 43.4 Å². The number of benzene rings is 2. The van der Waals surface area contributed by atoms with Gasteiger partial charge in [0.2, 0.25) is 6.79 Å². The van der Waals surface area contributed by atoms with E-state index in [1.165, 1.54) is 0 Å². The number of fused-ring (bicyclic) bond motifs is 1. The van der Waals surface area contributed by atoms with Crippen molar-refractivity contribution >= 4 is 23.6 Å². The molecule has 37 heavy (non-hydrogen) atoms. The van der Waals surface area contributed by atoms with Crippen molar-refractivity contribution in [1.82, 2.24) is 9.78 Å². The molecule has 0 amide bonds. The Morgan fingerprint density at radius 2 is 1.97 bits per heavy atom. The highest BCUT2D eigenvalue weighted by Gasteiger charge is 2.23. The molecule has 2 aromatic carbocycles. The SMILES string of the molecule is CCCCn1ncc(C=C(Cc2cc3c(cc2OC)OCO3)C(=O)OCC)c1-c1cc(Cl)c(C)cc1O. The van der Waals surface area contributed by atoms with Gasteiger partial charge in [-0.3, -0.25) is 4.68 Å². The third-order valence-electron chi connectivity index (χ3n) is 6.15. The highest BCUT2D eigenvalue weighted by molar-refractivity contribution is 6.31. The van der Waals surface area contributed by atoms with Crippen molar-refractivity contribution in [2.24, 2.45) is 0 Å². The lowest BCUT2D eigenvalue weighted by Crippen LogP contribution is -2.10. The average molecular weight is 527 g/mol. The van der Waals surface area contributed by atoms with Crippen LogP contribution in [-0.2, 0) is 22.5 Å². The standard InChI is InChI=1S/C28H31ClN2O6/c1-5-7-8-31-27(21-13-22(29)17(3)9-23(21)32)20(15-30-31)11-19(28(33)35-6-2)10-18-12-25-26(37-16-36-25)14-24(18)34-4/h9,11-15,32H,5-8,10,16H2,1-4H3. The molecule has 1 N–H and O–H groups in total. The molecule has 1 aliphatic heterocycles. The second-order valence-electron chi connectivity index (χ2n) is 8.73. The van der Waals surface area contributed by atoms with E-state index in [0.29, 0.717) is 51.2 Å². The van der Waals surface area contributed by atoms with Gasteiger partial charge in [-0.25, -0.2) is 4.79 Å². The van der Waals surface area contributed by atoms with E-state index < -0.39 is 5.97 Å². The van der Waals surface area contributed by atoms with Gasteiger partial charge in [0.05, 0.1) is 25.6 Å². The summed E-state index contributed by atoms with van der Waals surface area (Å²) in [4.78, 5) is 13.1. The van der Waals surface area contributed by atoms with Crippen LogP contribution < -0.4 is 14.2 Å². The summed E-state index contributed by atoms with van der Waals surface area (Å²) in [6, 6.07) is 6.92. The van der Waals surface area contributed by atoms with Crippen molar-refractivity contribution in [2.75, 3.05) is 20.5 Å². The van der Waals surface area contributed by atoms with Gasteiger partial charge >= 0.3 is 5.97 Å². The molecule has 0 unspecified atom stereocenters. The molecule has 0 fully saturated rings. The van der Waals surface area contributed by atoms with Gasteiger partial charge in [0.25, 0.3) is 0 Å². The fourth-order valence-electron chi connectivity index (χ4n) is 4.23. The van der Waals surface area contributed by atoms with E-state index in [-0.39, 0.29) is 25.6 Å². The summed E-state index contributed by atoms with van der Waals surface area (Å²) in [6.45, 7) is 6.70. The number of carbonyl (C=O) groups is 1. The van der Waals surface area contributed by atoms with E-state index in [1.807, 2.05) is 17.7 Å². The minimum absolute atomic E-state index is 0.0879. The normalized spacial score (nSPS) is 12.6. The molecule has 9 heteroatoms. The van der Waals surface area contributed by atoms with Crippen molar-refractivity contribution in [3.8, 4) is 34.3 Å². The van der Waals surface area contributed by atoms with Gasteiger partial charge in [-0.15, -0.1) is 0 Å². The number of esters is 1. The van der Waals surface area contributed by atoms with Gasteiger partial charge in [-0.05, 0) is 50.1 Å². The molecule has 2 heterocycles. The molecule has 0 radical (unpaired) electrons. The van der Waals surface area contributed by atoms with E-state index in [4.69, 9.17) is 30.5 Å². The Hall–Kier alpha value is -3.65. The second kappa shape index (κ2) is 11.6. The summed E-state index contributed by atoms with van der Waals surface area (Å²) in [6.07, 6.45) is 5.54. The van der Waals surface area contributed by atoms with Crippen LogP contribution in [0.15, 0.2) is 36.0 Å². The Balaban J connectivity index is 1.83. The number of hydrogen-bond acceptors (Lipinski definition) is 7. The van der Waals surface area contributed by atoms with Crippen LogP contribution in [0.2, 0.25) is 5.02 Å². The van der Waals surface area contributed by atoms with Gasteiger partial charge in [0.15, 0.2) is 11.5 Å². The lowest BCUT2D eigenvalue weighted by atomic mass is 9.99. The number of ether oxygens (including phenoxy) is 4. The zero-order chi connectivity index (χ0) is 26.5. The number of hydrogen-bond donors (Lipinski definition) is 1. The van der Waals surface area contributed by atoms with Crippen LogP contribution in [0, 0.1) is 6.92 Å². The third kappa shape index (κ3) is 5.69. The first-order valence-corrected chi connectivity index (χ1v) is 12.6. The molecule has 4 rings (SSSR count). The summed E-state index contributed by atoms with van der Waals surface area (Å²) in [7, 11) is 1.56. The van der Waals surface area contributed by atoms with Crippen molar-refractivity contribution in [1.29, 1.82) is 0 Å². The van der Waals surface area contributed by atoms with Crippen molar-refractivity contribution in [3.05, 3.63) is 57.7 Å². The minimum atomic E-state index is -0.458. The number of unbranched alkanes of at least 4 members (excludes halogenated alkanes) is 1. The van der Waals surface area contributed by atoms with Gasteiger partial charge in [-0.1, -0.05) is 24.9 Å².